The highest BCUT2D eigenvalue weighted by atomic mass is 16.5. The fourth-order valence-electron chi connectivity index (χ4n) is 2.75. The van der Waals surface area contributed by atoms with E-state index in [1.54, 1.807) is 7.11 Å². The summed E-state index contributed by atoms with van der Waals surface area (Å²) in [5, 5.41) is 3.52. The zero-order valence-corrected chi connectivity index (χ0v) is 12.8. The second kappa shape index (κ2) is 8.22. The van der Waals surface area contributed by atoms with Crippen molar-refractivity contribution in [3.8, 4) is 5.88 Å². The summed E-state index contributed by atoms with van der Waals surface area (Å²) in [4.78, 5) is 6.82. The van der Waals surface area contributed by atoms with E-state index in [4.69, 9.17) is 4.74 Å². The van der Waals surface area contributed by atoms with E-state index in [-0.39, 0.29) is 0 Å². The number of nitrogens with zero attached hydrogens (tertiary/aromatic N) is 2. The largest absolute Gasteiger partial charge is 0.481 e. The molecule has 20 heavy (non-hydrogen) atoms. The molecule has 1 fully saturated rings. The number of aromatic nitrogens is 1. The molecule has 1 aromatic rings. The lowest BCUT2D eigenvalue weighted by molar-refractivity contribution is 0.199. The number of ether oxygens (including phenoxy) is 1. The molecule has 1 N–H and O–H groups in total. The van der Waals surface area contributed by atoms with Gasteiger partial charge in [0.05, 0.1) is 7.11 Å². The third-order valence-electron chi connectivity index (χ3n) is 3.85. The van der Waals surface area contributed by atoms with Crippen LogP contribution in [0.5, 0.6) is 5.88 Å². The molecule has 0 spiro atoms. The van der Waals surface area contributed by atoms with Crippen LogP contribution in [0.1, 0.15) is 31.7 Å². The number of hydrogen-bond donors (Lipinski definition) is 1. The molecule has 1 unspecified atom stereocenters. The van der Waals surface area contributed by atoms with Crippen molar-refractivity contribution in [2.24, 2.45) is 5.92 Å². The Morgan fingerprint density at radius 2 is 2.10 bits per heavy atom. The first-order valence-corrected chi connectivity index (χ1v) is 7.70. The minimum absolute atomic E-state index is 0.673. The molecular formula is C16H27N3O. The SMILES string of the molecule is COc1ccc(CNCC(C)CN2CCCCC2)cn1. The molecule has 1 atom stereocenters. The van der Waals surface area contributed by atoms with Crippen LogP contribution in [0, 0.1) is 5.92 Å². The van der Waals surface area contributed by atoms with Crippen LogP contribution < -0.4 is 10.1 Å². The van der Waals surface area contributed by atoms with Crippen LogP contribution in [0.25, 0.3) is 0 Å². The third-order valence-corrected chi connectivity index (χ3v) is 3.85. The summed E-state index contributed by atoms with van der Waals surface area (Å²) in [6.45, 7) is 8.05. The number of nitrogens with one attached hydrogen (secondary N) is 1. The van der Waals surface area contributed by atoms with Gasteiger partial charge in [0.2, 0.25) is 5.88 Å². The van der Waals surface area contributed by atoms with Gasteiger partial charge in [-0.05, 0) is 44.0 Å². The number of pyridine rings is 1. The molecule has 0 saturated carbocycles. The Bertz CT molecular complexity index is 374. The summed E-state index contributed by atoms with van der Waals surface area (Å²) >= 11 is 0. The summed E-state index contributed by atoms with van der Waals surface area (Å²) in [6, 6.07) is 3.97. The zero-order valence-electron chi connectivity index (χ0n) is 12.8. The van der Waals surface area contributed by atoms with Crippen molar-refractivity contribution < 1.29 is 4.74 Å². The molecule has 0 aliphatic carbocycles. The number of methoxy groups -OCH3 is 1. The van der Waals surface area contributed by atoms with Gasteiger partial charge in [-0.15, -0.1) is 0 Å². The van der Waals surface area contributed by atoms with Gasteiger partial charge in [-0.1, -0.05) is 19.4 Å². The predicted octanol–water partition coefficient (Wildman–Crippen LogP) is 2.30. The highest BCUT2D eigenvalue weighted by molar-refractivity contribution is 5.17. The van der Waals surface area contributed by atoms with Crippen LogP contribution in [0.4, 0.5) is 0 Å². The maximum atomic E-state index is 5.06. The fourth-order valence-corrected chi connectivity index (χ4v) is 2.75. The van der Waals surface area contributed by atoms with Crippen molar-refractivity contribution in [2.75, 3.05) is 33.3 Å². The van der Waals surface area contributed by atoms with E-state index in [9.17, 15) is 0 Å². The van der Waals surface area contributed by atoms with Gasteiger partial charge in [0.25, 0.3) is 0 Å². The average Bonchev–Trinajstić information content (AvgIpc) is 2.49. The van der Waals surface area contributed by atoms with Crippen molar-refractivity contribution in [1.29, 1.82) is 0 Å². The second-order valence-corrected chi connectivity index (χ2v) is 5.81. The number of hydrogen-bond acceptors (Lipinski definition) is 4. The molecule has 4 heteroatoms. The topological polar surface area (TPSA) is 37.4 Å². The molecule has 1 aliphatic rings. The second-order valence-electron chi connectivity index (χ2n) is 5.81. The zero-order chi connectivity index (χ0) is 14.2. The van der Waals surface area contributed by atoms with E-state index in [0.717, 1.165) is 13.1 Å². The van der Waals surface area contributed by atoms with Crippen LogP contribution in [0.15, 0.2) is 18.3 Å². The lowest BCUT2D eigenvalue weighted by Gasteiger charge is -2.29. The Balaban J connectivity index is 1.63. The van der Waals surface area contributed by atoms with Crippen LogP contribution >= 0.6 is 0 Å². The Morgan fingerprint density at radius 3 is 2.75 bits per heavy atom. The first-order chi connectivity index (χ1) is 9.78. The van der Waals surface area contributed by atoms with Crippen LogP contribution in [-0.4, -0.2) is 43.2 Å². The molecule has 0 radical (unpaired) electrons. The standard InChI is InChI=1S/C16H27N3O/c1-14(13-19-8-4-3-5-9-19)10-17-11-15-6-7-16(20-2)18-12-15/h6-7,12,14,17H,3-5,8-11,13H2,1-2H3. The van der Waals surface area contributed by atoms with Crippen molar-refractivity contribution in [1.82, 2.24) is 15.2 Å². The van der Waals surface area contributed by atoms with E-state index in [0.29, 0.717) is 11.8 Å². The van der Waals surface area contributed by atoms with Gasteiger partial charge < -0.3 is 15.0 Å². The molecule has 112 valence electrons. The van der Waals surface area contributed by atoms with Gasteiger partial charge in [-0.2, -0.15) is 0 Å². The molecule has 1 saturated heterocycles. The monoisotopic (exact) mass is 277 g/mol. The van der Waals surface area contributed by atoms with Crippen molar-refractivity contribution in [2.45, 2.75) is 32.7 Å². The number of likely N-dealkylation sites (tertiary alicyclic amines) is 1. The third kappa shape index (κ3) is 5.10. The van der Waals surface area contributed by atoms with Gasteiger partial charge in [0.1, 0.15) is 0 Å². The van der Waals surface area contributed by atoms with Crippen molar-refractivity contribution in [3.05, 3.63) is 23.9 Å². The van der Waals surface area contributed by atoms with Gasteiger partial charge >= 0.3 is 0 Å². The summed E-state index contributed by atoms with van der Waals surface area (Å²) < 4.78 is 5.06. The Kier molecular flexibility index (Phi) is 6.27. The van der Waals surface area contributed by atoms with Crippen LogP contribution in [-0.2, 0) is 6.54 Å². The van der Waals surface area contributed by atoms with Gasteiger partial charge in [-0.3, -0.25) is 0 Å². The molecule has 0 amide bonds. The van der Waals surface area contributed by atoms with Gasteiger partial charge in [0.15, 0.2) is 0 Å². The smallest absolute Gasteiger partial charge is 0.212 e. The van der Waals surface area contributed by atoms with Gasteiger partial charge in [0, 0.05) is 25.4 Å². The predicted molar refractivity (Wildman–Crippen MR) is 82.0 cm³/mol. The maximum Gasteiger partial charge on any atom is 0.212 e. The average molecular weight is 277 g/mol. The van der Waals surface area contributed by atoms with E-state index in [2.05, 4.69) is 28.2 Å². The lowest BCUT2D eigenvalue weighted by Crippen LogP contribution is -2.36. The summed E-state index contributed by atoms with van der Waals surface area (Å²) in [5.41, 5.74) is 1.20. The molecule has 0 bridgehead atoms. The minimum Gasteiger partial charge on any atom is -0.481 e. The molecule has 0 aromatic carbocycles. The first kappa shape index (κ1) is 15.3. The Hall–Kier alpha value is -1.13. The van der Waals surface area contributed by atoms with E-state index >= 15 is 0 Å². The number of rotatable bonds is 7. The lowest BCUT2D eigenvalue weighted by atomic mass is 10.1. The molecular weight excluding hydrogens is 250 g/mol. The Labute approximate surface area is 122 Å². The van der Waals surface area contributed by atoms with Crippen LogP contribution in [0.2, 0.25) is 0 Å². The van der Waals surface area contributed by atoms with E-state index in [1.807, 2.05) is 12.3 Å². The Morgan fingerprint density at radius 1 is 1.30 bits per heavy atom. The molecule has 2 rings (SSSR count). The molecule has 4 nitrogen and oxygen atoms in total. The van der Waals surface area contributed by atoms with Crippen molar-refractivity contribution >= 4 is 0 Å². The van der Waals surface area contributed by atoms with Crippen LogP contribution in [0.3, 0.4) is 0 Å². The fraction of sp³-hybridized carbons (Fsp3) is 0.688. The number of piperidine rings is 1. The maximum absolute atomic E-state index is 5.06. The minimum atomic E-state index is 0.673. The van der Waals surface area contributed by atoms with Crippen molar-refractivity contribution in [3.63, 3.8) is 0 Å². The molecule has 2 heterocycles. The first-order valence-electron chi connectivity index (χ1n) is 7.70. The molecule has 1 aliphatic heterocycles. The van der Waals surface area contributed by atoms with E-state index < -0.39 is 0 Å². The van der Waals surface area contributed by atoms with Gasteiger partial charge in [-0.25, -0.2) is 4.98 Å². The summed E-state index contributed by atoms with van der Waals surface area (Å²) in [7, 11) is 1.64. The molecule has 1 aromatic heterocycles. The van der Waals surface area contributed by atoms with E-state index in [1.165, 1.54) is 44.5 Å². The normalized spacial score (nSPS) is 17.9. The highest BCUT2D eigenvalue weighted by Crippen LogP contribution is 2.11. The summed E-state index contributed by atoms with van der Waals surface area (Å²) in [6.07, 6.45) is 6.03. The highest BCUT2D eigenvalue weighted by Gasteiger charge is 2.12. The quantitative estimate of drug-likeness (QED) is 0.830. The summed E-state index contributed by atoms with van der Waals surface area (Å²) in [5.74, 6) is 1.37.